The topological polar surface area (TPSA) is 52.6 Å². The fraction of sp³-hybridized carbons (Fsp3) is 0.111. The van der Waals surface area contributed by atoms with Crippen molar-refractivity contribution in [3.8, 4) is 5.75 Å². The van der Waals surface area contributed by atoms with Crippen molar-refractivity contribution >= 4 is 17.8 Å². The van der Waals surface area contributed by atoms with E-state index in [9.17, 15) is 18.4 Å². The van der Waals surface area contributed by atoms with Gasteiger partial charge in [0.2, 0.25) is 5.78 Å². The number of methoxy groups -OCH3 is 1. The van der Waals surface area contributed by atoms with E-state index in [1.54, 1.807) is 6.07 Å². The first-order chi connectivity index (χ1) is 11.5. The van der Waals surface area contributed by atoms with Gasteiger partial charge in [-0.3, -0.25) is 4.79 Å². The van der Waals surface area contributed by atoms with E-state index in [-0.39, 0.29) is 11.3 Å². The molecule has 124 valence electrons. The van der Waals surface area contributed by atoms with Crippen LogP contribution in [-0.2, 0) is 9.53 Å². The lowest BCUT2D eigenvalue weighted by atomic mass is 10.1. The number of carbonyl (C=O) groups excluding carboxylic acids is 2. The third-order valence-electron chi connectivity index (χ3n) is 3.07. The molecule has 0 saturated carbocycles. The van der Waals surface area contributed by atoms with Crippen molar-refractivity contribution in [1.29, 1.82) is 0 Å². The Labute approximate surface area is 137 Å². The summed E-state index contributed by atoms with van der Waals surface area (Å²) >= 11 is 0. The number of halogens is 2. The summed E-state index contributed by atoms with van der Waals surface area (Å²) in [5.41, 5.74) is 0.462. The van der Waals surface area contributed by atoms with Crippen LogP contribution in [0, 0.1) is 11.6 Å². The van der Waals surface area contributed by atoms with E-state index in [1.807, 2.05) is 0 Å². The van der Waals surface area contributed by atoms with Crippen LogP contribution >= 0.6 is 0 Å². The Morgan fingerprint density at radius 2 is 1.83 bits per heavy atom. The molecule has 2 aromatic rings. The monoisotopic (exact) mass is 332 g/mol. The van der Waals surface area contributed by atoms with Gasteiger partial charge in [0.1, 0.15) is 17.4 Å². The Morgan fingerprint density at radius 3 is 2.54 bits per heavy atom. The second-order valence-corrected chi connectivity index (χ2v) is 4.76. The minimum absolute atomic E-state index is 0.0144. The lowest BCUT2D eigenvalue weighted by Gasteiger charge is -2.07. The molecule has 0 aromatic heterocycles. The maximum Gasteiger partial charge on any atom is 0.331 e. The average Bonchev–Trinajstić information content (AvgIpc) is 2.58. The number of rotatable bonds is 6. The summed E-state index contributed by atoms with van der Waals surface area (Å²) in [5, 5.41) is 0. The summed E-state index contributed by atoms with van der Waals surface area (Å²) in [6.07, 6.45) is 2.43. The molecule has 0 N–H and O–H groups in total. The molecule has 0 aliphatic rings. The van der Waals surface area contributed by atoms with E-state index in [0.29, 0.717) is 5.56 Å². The van der Waals surface area contributed by atoms with Crippen LogP contribution in [0.25, 0.3) is 6.08 Å². The van der Waals surface area contributed by atoms with Crippen LogP contribution in [0.4, 0.5) is 8.78 Å². The number of ketones is 1. The lowest BCUT2D eigenvalue weighted by molar-refractivity contribution is -0.136. The van der Waals surface area contributed by atoms with Gasteiger partial charge in [0.25, 0.3) is 0 Å². The van der Waals surface area contributed by atoms with Crippen LogP contribution in [0.3, 0.4) is 0 Å². The van der Waals surface area contributed by atoms with E-state index < -0.39 is 30.0 Å². The molecule has 0 unspecified atom stereocenters. The molecular formula is C18H14F2O4. The van der Waals surface area contributed by atoms with Crippen LogP contribution in [0.5, 0.6) is 5.75 Å². The normalized spacial score (nSPS) is 10.6. The van der Waals surface area contributed by atoms with Crippen molar-refractivity contribution in [2.75, 3.05) is 13.7 Å². The molecule has 4 nitrogen and oxygen atoms in total. The van der Waals surface area contributed by atoms with Crippen molar-refractivity contribution in [1.82, 2.24) is 0 Å². The van der Waals surface area contributed by atoms with Crippen molar-refractivity contribution in [3.05, 3.63) is 71.3 Å². The SMILES string of the molecule is COc1ccc(F)cc1C(=O)COC(=O)/C=C/c1cccc(F)c1. The number of hydrogen-bond acceptors (Lipinski definition) is 4. The van der Waals surface area contributed by atoms with Gasteiger partial charge < -0.3 is 9.47 Å². The van der Waals surface area contributed by atoms with E-state index in [4.69, 9.17) is 9.47 Å². The second-order valence-electron chi connectivity index (χ2n) is 4.76. The molecule has 0 bridgehead atoms. The molecule has 0 saturated heterocycles. The Hall–Kier alpha value is -3.02. The molecule has 0 fully saturated rings. The van der Waals surface area contributed by atoms with Gasteiger partial charge >= 0.3 is 5.97 Å². The number of benzene rings is 2. The zero-order valence-corrected chi connectivity index (χ0v) is 12.8. The van der Waals surface area contributed by atoms with Crippen LogP contribution in [-0.4, -0.2) is 25.5 Å². The Kier molecular flexibility index (Phi) is 5.78. The number of hydrogen-bond donors (Lipinski definition) is 0. The summed E-state index contributed by atoms with van der Waals surface area (Å²) < 4.78 is 36.0. The predicted octanol–water partition coefficient (Wildman–Crippen LogP) is 3.41. The van der Waals surface area contributed by atoms with Crippen LogP contribution in [0.15, 0.2) is 48.5 Å². The van der Waals surface area contributed by atoms with Gasteiger partial charge in [-0.15, -0.1) is 0 Å². The number of esters is 1. The zero-order valence-electron chi connectivity index (χ0n) is 12.8. The molecule has 2 aromatic carbocycles. The third kappa shape index (κ3) is 4.74. The maximum atomic E-state index is 13.2. The quantitative estimate of drug-likeness (QED) is 0.462. The lowest BCUT2D eigenvalue weighted by Crippen LogP contribution is -2.13. The highest BCUT2D eigenvalue weighted by Crippen LogP contribution is 2.20. The molecule has 6 heteroatoms. The van der Waals surface area contributed by atoms with Gasteiger partial charge in [-0.2, -0.15) is 0 Å². The first-order valence-electron chi connectivity index (χ1n) is 6.97. The Balaban J connectivity index is 1.96. The first kappa shape index (κ1) is 17.3. The molecule has 0 amide bonds. The van der Waals surface area contributed by atoms with Gasteiger partial charge in [0, 0.05) is 6.08 Å². The summed E-state index contributed by atoms with van der Waals surface area (Å²) in [5.74, 6) is -2.22. The predicted molar refractivity (Wildman–Crippen MR) is 83.7 cm³/mol. The molecule has 24 heavy (non-hydrogen) atoms. The van der Waals surface area contributed by atoms with Gasteiger partial charge in [0.05, 0.1) is 12.7 Å². The minimum atomic E-state index is -0.775. The summed E-state index contributed by atoms with van der Waals surface area (Å²) in [4.78, 5) is 23.6. The van der Waals surface area contributed by atoms with E-state index in [1.165, 1.54) is 37.5 Å². The molecule has 0 aliphatic carbocycles. The van der Waals surface area contributed by atoms with Gasteiger partial charge in [-0.05, 0) is 42.0 Å². The molecular weight excluding hydrogens is 318 g/mol. The molecule has 0 aliphatic heterocycles. The van der Waals surface area contributed by atoms with Crippen molar-refractivity contribution in [3.63, 3.8) is 0 Å². The minimum Gasteiger partial charge on any atom is -0.496 e. The zero-order chi connectivity index (χ0) is 17.5. The van der Waals surface area contributed by atoms with Crippen molar-refractivity contribution in [2.24, 2.45) is 0 Å². The second kappa shape index (κ2) is 8.01. The smallest absolute Gasteiger partial charge is 0.331 e. The molecule has 0 radical (unpaired) electrons. The summed E-state index contributed by atoms with van der Waals surface area (Å²) in [6.45, 7) is -0.563. The van der Waals surface area contributed by atoms with Crippen molar-refractivity contribution in [2.45, 2.75) is 0 Å². The molecule has 0 heterocycles. The Bertz CT molecular complexity index is 784. The van der Waals surface area contributed by atoms with Crippen LogP contribution < -0.4 is 4.74 Å². The standard InChI is InChI=1S/C18H14F2O4/c1-23-17-7-6-14(20)10-15(17)16(21)11-24-18(22)8-5-12-3-2-4-13(19)9-12/h2-10H,11H2,1H3/b8-5+. The van der Waals surface area contributed by atoms with E-state index in [0.717, 1.165) is 18.2 Å². The molecule has 0 atom stereocenters. The van der Waals surface area contributed by atoms with Crippen LogP contribution in [0.2, 0.25) is 0 Å². The maximum absolute atomic E-state index is 13.2. The number of carbonyl (C=O) groups is 2. The highest BCUT2D eigenvalue weighted by molar-refractivity contribution is 6.01. The number of ether oxygens (including phenoxy) is 2. The molecule has 0 spiro atoms. The van der Waals surface area contributed by atoms with E-state index >= 15 is 0 Å². The number of Topliss-reactive ketones (excluding diaryl/α,β-unsaturated/α-hetero) is 1. The summed E-state index contributed by atoms with van der Waals surface area (Å²) in [7, 11) is 1.34. The highest BCUT2D eigenvalue weighted by Gasteiger charge is 2.15. The third-order valence-corrected chi connectivity index (χ3v) is 3.07. The van der Waals surface area contributed by atoms with Gasteiger partial charge in [0.15, 0.2) is 6.61 Å². The fourth-order valence-corrected chi connectivity index (χ4v) is 1.94. The average molecular weight is 332 g/mol. The largest absolute Gasteiger partial charge is 0.496 e. The summed E-state index contributed by atoms with van der Waals surface area (Å²) in [6, 6.07) is 9.11. The van der Waals surface area contributed by atoms with Gasteiger partial charge in [-0.1, -0.05) is 12.1 Å². The van der Waals surface area contributed by atoms with Crippen LogP contribution in [0.1, 0.15) is 15.9 Å². The van der Waals surface area contributed by atoms with Crippen molar-refractivity contribution < 1.29 is 27.8 Å². The highest BCUT2D eigenvalue weighted by atomic mass is 19.1. The van der Waals surface area contributed by atoms with E-state index in [2.05, 4.69) is 0 Å². The molecule has 2 rings (SSSR count). The van der Waals surface area contributed by atoms with Gasteiger partial charge in [-0.25, -0.2) is 13.6 Å². The Morgan fingerprint density at radius 1 is 1.08 bits per heavy atom. The fourth-order valence-electron chi connectivity index (χ4n) is 1.94. The first-order valence-corrected chi connectivity index (χ1v) is 6.97.